The minimum absolute atomic E-state index is 0.355. The van der Waals surface area contributed by atoms with E-state index in [0.717, 1.165) is 16.3 Å². The number of sulfonamides is 1. The largest absolute Gasteiger partial charge is 0.296 e. The van der Waals surface area contributed by atoms with Crippen molar-refractivity contribution in [2.45, 2.75) is 25.1 Å². The van der Waals surface area contributed by atoms with Crippen LogP contribution in [0.1, 0.15) is 29.8 Å². The molecule has 1 aromatic carbocycles. The van der Waals surface area contributed by atoms with Crippen LogP contribution < -0.4 is 10.0 Å². The Balaban J connectivity index is 2.12. The second kappa shape index (κ2) is 8.15. The van der Waals surface area contributed by atoms with Crippen LogP contribution in [-0.2, 0) is 10.0 Å². The van der Waals surface area contributed by atoms with E-state index in [1.54, 1.807) is 36.9 Å². The third-order valence-corrected chi connectivity index (χ3v) is 6.03. The summed E-state index contributed by atoms with van der Waals surface area (Å²) in [5, 5.41) is 11.2. The molecule has 10 heteroatoms. The van der Waals surface area contributed by atoms with Gasteiger partial charge in [-0.1, -0.05) is 43.0 Å². The molecule has 0 spiro atoms. The first-order valence-corrected chi connectivity index (χ1v) is 11.2. The number of anilines is 2. The Bertz CT molecular complexity index is 863. The number of carbonyl (C=O) groups is 1. The van der Waals surface area contributed by atoms with Crippen molar-refractivity contribution in [3.8, 4) is 0 Å². The maximum absolute atomic E-state index is 12.5. The first-order valence-electron chi connectivity index (χ1n) is 7.51. The van der Waals surface area contributed by atoms with E-state index in [1.807, 2.05) is 0 Å². The number of nitrogens with one attached hydrogen (secondary N) is 2. The summed E-state index contributed by atoms with van der Waals surface area (Å²) in [7, 11) is -3.42. The lowest BCUT2D eigenvalue weighted by atomic mass is 10.1. The molecule has 7 nitrogen and oxygen atoms in total. The van der Waals surface area contributed by atoms with Crippen molar-refractivity contribution >= 4 is 49.8 Å². The second-order valence-electron chi connectivity index (χ2n) is 5.88. The number of rotatable bonds is 7. The quantitative estimate of drug-likeness (QED) is 0.547. The van der Waals surface area contributed by atoms with Crippen LogP contribution in [0.25, 0.3) is 0 Å². The van der Waals surface area contributed by atoms with E-state index in [-0.39, 0.29) is 5.91 Å². The SMILES string of the molecule is Cc1c(NS(C)(=O)=O)cccc1C(=O)Nc1nnc(SCC(C)C)s1. The van der Waals surface area contributed by atoms with Gasteiger partial charge in [-0.25, -0.2) is 8.42 Å². The maximum Gasteiger partial charge on any atom is 0.257 e. The van der Waals surface area contributed by atoms with Crippen LogP contribution >= 0.6 is 23.1 Å². The molecule has 25 heavy (non-hydrogen) atoms. The van der Waals surface area contributed by atoms with Gasteiger partial charge in [0.2, 0.25) is 15.2 Å². The number of hydrogen-bond acceptors (Lipinski definition) is 7. The molecule has 1 amide bonds. The van der Waals surface area contributed by atoms with Crippen molar-refractivity contribution in [2.24, 2.45) is 5.92 Å². The van der Waals surface area contributed by atoms with Gasteiger partial charge in [0.15, 0.2) is 4.34 Å². The first kappa shape index (κ1) is 19.7. The zero-order valence-electron chi connectivity index (χ0n) is 14.4. The van der Waals surface area contributed by atoms with Crippen molar-refractivity contribution in [3.05, 3.63) is 29.3 Å². The van der Waals surface area contributed by atoms with E-state index in [9.17, 15) is 13.2 Å². The highest BCUT2D eigenvalue weighted by Crippen LogP contribution is 2.28. The Hall–Kier alpha value is -1.65. The molecular weight excluding hydrogens is 380 g/mol. The molecule has 0 saturated heterocycles. The average Bonchev–Trinajstić information content (AvgIpc) is 2.93. The molecule has 2 rings (SSSR count). The van der Waals surface area contributed by atoms with Crippen LogP contribution in [0.2, 0.25) is 0 Å². The molecule has 2 aromatic rings. The predicted molar refractivity (Wildman–Crippen MR) is 103 cm³/mol. The van der Waals surface area contributed by atoms with E-state index in [4.69, 9.17) is 0 Å². The van der Waals surface area contributed by atoms with Gasteiger partial charge in [-0.15, -0.1) is 10.2 Å². The third kappa shape index (κ3) is 5.98. The maximum atomic E-state index is 12.5. The molecule has 136 valence electrons. The number of hydrogen-bond donors (Lipinski definition) is 2. The van der Waals surface area contributed by atoms with E-state index in [0.29, 0.717) is 27.9 Å². The molecule has 2 N–H and O–H groups in total. The van der Waals surface area contributed by atoms with Crippen molar-refractivity contribution < 1.29 is 13.2 Å². The van der Waals surface area contributed by atoms with Gasteiger partial charge in [0.1, 0.15) is 0 Å². The summed E-state index contributed by atoms with van der Waals surface area (Å²) in [5.41, 5.74) is 1.30. The zero-order valence-corrected chi connectivity index (χ0v) is 16.8. The van der Waals surface area contributed by atoms with E-state index in [1.165, 1.54) is 11.3 Å². The monoisotopic (exact) mass is 400 g/mol. The molecule has 1 heterocycles. The molecule has 0 atom stereocenters. The fourth-order valence-electron chi connectivity index (χ4n) is 1.91. The van der Waals surface area contributed by atoms with Crippen LogP contribution in [0.4, 0.5) is 10.8 Å². The summed E-state index contributed by atoms with van der Waals surface area (Å²) < 4.78 is 26.0. The number of carbonyl (C=O) groups excluding carboxylic acids is 1. The summed E-state index contributed by atoms with van der Waals surface area (Å²) >= 11 is 2.92. The average molecular weight is 401 g/mol. The fourth-order valence-corrected chi connectivity index (χ4v) is 4.26. The molecule has 0 aliphatic heterocycles. The molecule has 0 aliphatic rings. The van der Waals surface area contributed by atoms with Gasteiger partial charge < -0.3 is 0 Å². The molecule has 0 bridgehead atoms. The standard InChI is InChI=1S/C15H20N4O3S3/c1-9(2)8-23-15-18-17-14(24-15)16-13(20)11-6-5-7-12(10(11)3)19-25(4,21)22/h5-7,9,19H,8H2,1-4H3,(H,16,17,20). The van der Waals surface area contributed by atoms with Crippen LogP contribution in [0, 0.1) is 12.8 Å². The highest BCUT2D eigenvalue weighted by Gasteiger charge is 2.16. The summed E-state index contributed by atoms with van der Waals surface area (Å²) in [5.74, 6) is 1.12. The third-order valence-electron chi connectivity index (χ3n) is 3.04. The number of benzene rings is 1. The highest BCUT2D eigenvalue weighted by molar-refractivity contribution is 8.01. The van der Waals surface area contributed by atoms with Gasteiger partial charge in [-0.05, 0) is 30.5 Å². The van der Waals surface area contributed by atoms with Crippen LogP contribution in [-0.4, -0.2) is 36.5 Å². The summed E-state index contributed by atoms with van der Waals surface area (Å²) in [6.07, 6.45) is 1.07. The summed E-state index contributed by atoms with van der Waals surface area (Å²) in [6.45, 7) is 5.93. The fraction of sp³-hybridized carbons (Fsp3) is 0.400. The first-order chi connectivity index (χ1) is 11.7. The number of nitrogens with zero attached hydrogens (tertiary/aromatic N) is 2. The van der Waals surface area contributed by atoms with Crippen LogP contribution in [0.3, 0.4) is 0 Å². The van der Waals surface area contributed by atoms with E-state index < -0.39 is 10.0 Å². The number of thioether (sulfide) groups is 1. The Morgan fingerprint density at radius 3 is 2.68 bits per heavy atom. The lowest BCUT2D eigenvalue weighted by molar-refractivity contribution is 0.102. The molecule has 0 fully saturated rings. The Morgan fingerprint density at radius 2 is 2.04 bits per heavy atom. The summed E-state index contributed by atoms with van der Waals surface area (Å²) in [4.78, 5) is 12.5. The number of amides is 1. The van der Waals surface area contributed by atoms with Crippen LogP contribution in [0.5, 0.6) is 0 Å². The van der Waals surface area contributed by atoms with Crippen molar-refractivity contribution in [1.82, 2.24) is 10.2 Å². The molecule has 1 aromatic heterocycles. The lowest BCUT2D eigenvalue weighted by Crippen LogP contribution is -2.16. The Labute approximate surface area is 155 Å². The normalized spacial score (nSPS) is 11.6. The lowest BCUT2D eigenvalue weighted by Gasteiger charge is -2.11. The highest BCUT2D eigenvalue weighted by atomic mass is 32.2. The smallest absolute Gasteiger partial charge is 0.257 e. The van der Waals surface area contributed by atoms with Gasteiger partial charge in [-0.2, -0.15) is 0 Å². The van der Waals surface area contributed by atoms with Gasteiger partial charge >= 0.3 is 0 Å². The van der Waals surface area contributed by atoms with Gasteiger partial charge in [0.05, 0.1) is 11.9 Å². The van der Waals surface area contributed by atoms with Crippen molar-refractivity contribution in [1.29, 1.82) is 0 Å². The van der Waals surface area contributed by atoms with Gasteiger partial charge in [-0.3, -0.25) is 14.8 Å². The van der Waals surface area contributed by atoms with E-state index >= 15 is 0 Å². The molecule has 0 radical (unpaired) electrons. The summed E-state index contributed by atoms with van der Waals surface area (Å²) in [6, 6.07) is 4.87. The molecule has 0 unspecified atom stereocenters. The zero-order chi connectivity index (χ0) is 18.6. The molecule has 0 aliphatic carbocycles. The van der Waals surface area contributed by atoms with Crippen molar-refractivity contribution in [3.63, 3.8) is 0 Å². The van der Waals surface area contributed by atoms with Crippen LogP contribution in [0.15, 0.2) is 22.5 Å². The van der Waals surface area contributed by atoms with Crippen molar-refractivity contribution in [2.75, 3.05) is 22.0 Å². The molecular formula is C15H20N4O3S3. The minimum atomic E-state index is -3.42. The van der Waals surface area contributed by atoms with Gasteiger partial charge in [0.25, 0.3) is 5.91 Å². The Kier molecular flexibility index (Phi) is 6.42. The number of aromatic nitrogens is 2. The van der Waals surface area contributed by atoms with Gasteiger partial charge in [0, 0.05) is 11.3 Å². The predicted octanol–water partition coefficient (Wildman–Crippen LogP) is 3.22. The van der Waals surface area contributed by atoms with E-state index in [2.05, 4.69) is 34.1 Å². The Morgan fingerprint density at radius 1 is 1.32 bits per heavy atom. The molecule has 0 saturated carbocycles. The topological polar surface area (TPSA) is 101 Å². The minimum Gasteiger partial charge on any atom is -0.296 e. The second-order valence-corrected chi connectivity index (χ2v) is 9.88.